The van der Waals surface area contributed by atoms with Gasteiger partial charge >= 0.3 is 6.09 Å². The van der Waals surface area contributed by atoms with Crippen molar-refractivity contribution in [2.24, 2.45) is 5.41 Å². The molecule has 0 unspecified atom stereocenters. The van der Waals surface area contributed by atoms with Crippen molar-refractivity contribution in [3.8, 4) is 0 Å². The molecule has 0 aliphatic carbocycles. The van der Waals surface area contributed by atoms with Gasteiger partial charge in [-0.05, 0) is 58.2 Å². The summed E-state index contributed by atoms with van der Waals surface area (Å²) in [7, 11) is -1.96. The summed E-state index contributed by atoms with van der Waals surface area (Å²) in [4.78, 5) is 27.2. The second-order valence-electron chi connectivity index (χ2n) is 10.1. The normalized spacial score (nSPS) is 21.2. The molecule has 26 heavy (non-hydrogen) atoms. The minimum absolute atomic E-state index is 0.0823. The van der Waals surface area contributed by atoms with Crippen LogP contribution in [-0.2, 0) is 14.0 Å². The Morgan fingerprint density at radius 3 is 2.04 bits per heavy atom. The highest BCUT2D eigenvalue weighted by atomic mass is 28.4. The van der Waals surface area contributed by atoms with E-state index in [-0.39, 0.29) is 17.0 Å². The first-order valence-corrected chi connectivity index (χ1v) is 12.7. The highest BCUT2D eigenvalue weighted by molar-refractivity contribution is 6.74. The molecule has 0 spiro atoms. The number of carbonyl (C=O) groups excluding carboxylic acids is 2. The zero-order valence-electron chi connectivity index (χ0n) is 18.5. The lowest BCUT2D eigenvalue weighted by molar-refractivity contribution is -0.136. The fourth-order valence-corrected chi connectivity index (χ4v) is 4.13. The number of nitrogens with zero attached hydrogens (tertiary/aromatic N) is 1. The highest BCUT2D eigenvalue weighted by Gasteiger charge is 2.53. The van der Waals surface area contributed by atoms with E-state index < -0.39 is 25.4 Å². The summed E-state index contributed by atoms with van der Waals surface area (Å²) < 4.78 is 11.9. The Kier molecular flexibility index (Phi) is 6.79. The molecule has 0 N–H and O–H groups in total. The van der Waals surface area contributed by atoms with Crippen LogP contribution in [0.3, 0.4) is 0 Å². The van der Waals surface area contributed by atoms with Gasteiger partial charge < -0.3 is 9.16 Å². The first kappa shape index (κ1) is 23.2. The molecule has 1 aliphatic rings. The molecule has 1 fully saturated rings. The third kappa shape index (κ3) is 4.88. The standard InChI is InChI=1S/C20H39NO4Si/c1-11-20(12-2)13-15(14-24-26(9,10)19(6,7)8)21(16(20)22)17(23)25-18(3,4)5/h15H,11-14H2,1-10H3/t15-/m1/s1. The Labute approximate surface area is 160 Å². The molecule has 1 aliphatic heterocycles. The van der Waals surface area contributed by atoms with E-state index >= 15 is 0 Å². The smallest absolute Gasteiger partial charge is 0.417 e. The van der Waals surface area contributed by atoms with E-state index in [1.807, 2.05) is 34.6 Å². The van der Waals surface area contributed by atoms with E-state index in [0.29, 0.717) is 13.0 Å². The molecule has 0 aromatic heterocycles. The van der Waals surface area contributed by atoms with Crippen LogP contribution in [0.2, 0.25) is 18.1 Å². The molecule has 152 valence electrons. The Bertz CT molecular complexity index is 527. The quantitative estimate of drug-likeness (QED) is 0.599. The van der Waals surface area contributed by atoms with Gasteiger partial charge in [-0.15, -0.1) is 0 Å². The molecule has 6 heteroatoms. The van der Waals surface area contributed by atoms with Gasteiger partial charge in [0.2, 0.25) is 5.91 Å². The van der Waals surface area contributed by atoms with Gasteiger partial charge in [0.05, 0.1) is 18.1 Å². The van der Waals surface area contributed by atoms with Crippen LogP contribution in [0.5, 0.6) is 0 Å². The van der Waals surface area contributed by atoms with Crippen LogP contribution in [0.25, 0.3) is 0 Å². The molecule has 0 radical (unpaired) electrons. The van der Waals surface area contributed by atoms with Crippen molar-refractivity contribution in [2.75, 3.05) is 6.61 Å². The van der Waals surface area contributed by atoms with Gasteiger partial charge in [-0.3, -0.25) is 4.79 Å². The molecule has 5 nitrogen and oxygen atoms in total. The summed E-state index contributed by atoms with van der Waals surface area (Å²) in [5, 5.41) is 0.0823. The molecule has 0 bridgehead atoms. The lowest BCUT2D eigenvalue weighted by Crippen LogP contribution is -2.48. The Morgan fingerprint density at radius 2 is 1.65 bits per heavy atom. The summed E-state index contributed by atoms with van der Waals surface area (Å²) in [5.41, 5.74) is -1.12. The van der Waals surface area contributed by atoms with Gasteiger partial charge in [-0.2, -0.15) is 0 Å². The fourth-order valence-electron chi connectivity index (χ4n) is 3.09. The van der Waals surface area contributed by atoms with Gasteiger partial charge in [-0.25, -0.2) is 9.69 Å². The average molecular weight is 386 g/mol. The zero-order valence-corrected chi connectivity index (χ0v) is 19.5. The van der Waals surface area contributed by atoms with Gasteiger partial charge in [-0.1, -0.05) is 34.6 Å². The van der Waals surface area contributed by atoms with E-state index in [0.717, 1.165) is 12.8 Å². The van der Waals surface area contributed by atoms with Crippen molar-refractivity contribution >= 4 is 20.3 Å². The maximum atomic E-state index is 13.1. The fraction of sp³-hybridized carbons (Fsp3) is 0.900. The predicted molar refractivity (Wildman–Crippen MR) is 108 cm³/mol. The van der Waals surface area contributed by atoms with Crippen LogP contribution in [0, 0.1) is 5.41 Å². The molecule has 2 amide bonds. The SMILES string of the molecule is CCC1(CC)C[C@H](CO[Si](C)(C)C(C)(C)C)N(C(=O)OC(C)(C)C)C1=O. The second-order valence-corrected chi connectivity index (χ2v) is 14.9. The molecule has 1 saturated heterocycles. The Balaban J connectivity index is 3.08. The van der Waals surface area contributed by atoms with Crippen LogP contribution in [0.1, 0.15) is 74.7 Å². The van der Waals surface area contributed by atoms with Gasteiger partial charge in [0, 0.05) is 0 Å². The van der Waals surface area contributed by atoms with Crippen molar-refractivity contribution in [3.05, 3.63) is 0 Å². The third-order valence-corrected chi connectivity index (χ3v) is 10.6. The summed E-state index contributed by atoms with van der Waals surface area (Å²) in [5.74, 6) is -0.111. The molecule has 0 aromatic rings. The molecular formula is C20H39NO4Si. The third-order valence-electron chi connectivity index (χ3n) is 6.05. The number of carbonyl (C=O) groups is 2. The maximum Gasteiger partial charge on any atom is 0.417 e. The highest BCUT2D eigenvalue weighted by Crippen LogP contribution is 2.44. The van der Waals surface area contributed by atoms with Crippen molar-refractivity contribution in [1.82, 2.24) is 4.90 Å². The van der Waals surface area contributed by atoms with Crippen molar-refractivity contribution in [1.29, 1.82) is 0 Å². The van der Waals surface area contributed by atoms with Gasteiger partial charge in [0.1, 0.15) is 5.60 Å². The molecule has 1 atom stereocenters. The minimum Gasteiger partial charge on any atom is -0.443 e. The molecule has 0 saturated carbocycles. The molecule has 1 heterocycles. The van der Waals surface area contributed by atoms with Crippen LogP contribution < -0.4 is 0 Å². The van der Waals surface area contributed by atoms with Crippen LogP contribution in [0.15, 0.2) is 0 Å². The number of rotatable bonds is 5. The topological polar surface area (TPSA) is 55.8 Å². The Morgan fingerprint density at radius 1 is 1.15 bits per heavy atom. The number of ether oxygens (including phenoxy) is 1. The number of likely N-dealkylation sites (tertiary alicyclic amines) is 1. The number of amides is 2. The van der Waals surface area contributed by atoms with E-state index in [1.54, 1.807) is 0 Å². The summed E-state index contributed by atoms with van der Waals surface area (Å²) in [6.07, 6.45) is 1.54. The minimum atomic E-state index is -1.96. The van der Waals surface area contributed by atoms with Crippen molar-refractivity contribution < 1.29 is 18.8 Å². The molecular weight excluding hydrogens is 346 g/mol. The second kappa shape index (κ2) is 7.62. The molecule has 1 rings (SSSR count). The molecule has 0 aromatic carbocycles. The maximum absolute atomic E-state index is 13.1. The monoisotopic (exact) mass is 385 g/mol. The van der Waals surface area contributed by atoms with E-state index in [4.69, 9.17) is 9.16 Å². The summed E-state index contributed by atoms with van der Waals surface area (Å²) in [6, 6.07) is -0.258. The number of hydrogen-bond acceptors (Lipinski definition) is 4. The lowest BCUT2D eigenvalue weighted by Gasteiger charge is -2.37. The first-order chi connectivity index (χ1) is 11.6. The zero-order chi connectivity index (χ0) is 20.6. The van der Waals surface area contributed by atoms with Gasteiger partial charge in [0.25, 0.3) is 0 Å². The summed E-state index contributed by atoms with van der Waals surface area (Å²) in [6.45, 7) is 20.8. The van der Waals surface area contributed by atoms with Crippen LogP contribution in [-0.4, -0.2) is 43.5 Å². The van der Waals surface area contributed by atoms with E-state index in [2.05, 4.69) is 33.9 Å². The number of imide groups is 1. The lowest BCUT2D eigenvalue weighted by atomic mass is 9.80. The largest absolute Gasteiger partial charge is 0.443 e. The van der Waals surface area contributed by atoms with Crippen LogP contribution in [0.4, 0.5) is 4.79 Å². The van der Waals surface area contributed by atoms with Gasteiger partial charge in [0.15, 0.2) is 8.32 Å². The van der Waals surface area contributed by atoms with Crippen molar-refractivity contribution in [2.45, 2.75) is 104 Å². The Hall–Kier alpha value is -0.883. The first-order valence-electron chi connectivity index (χ1n) is 9.81. The van der Waals surface area contributed by atoms with E-state index in [1.165, 1.54) is 4.90 Å². The van der Waals surface area contributed by atoms with Crippen molar-refractivity contribution in [3.63, 3.8) is 0 Å². The average Bonchev–Trinajstić information content (AvgIpc) is 2.75. The predicted octanol–water partition coefficient (Wildman–Crippen LogP) is 5.35. The van der Waals surface area contributed by atoms with E-state index in [9.17, 15) is 9.59 Å². The number of hydrogen-bond donors (Lipinski definition) is 0. The summed E-state index contributed by atoms with van der Waals surface area (Å²) >= 11 is 0. The van der Waals surface area contributed by atoms with Crippen LogP contribution >= 0.6 is 0 Å².